The number of aromatic nitrogens is 3. The van der Waals surface area contributed by atoms with Crippen molar-refractivity contribution in [3.05, 3.63) is 104 Å². The van der Waals surface area contributed by atoms with Crippen molar-refractivity contribution in [1.29, 1.82) is 0 Å². The van der Waals surface area contributed by atoms with E-state index >= 15 is 0 Å². The van der Waals surface area contributed by atoms with Gasteiger partial charge in [0.1, 0.15) is 11.8 Å². The first-order chi connectivity index (χ1) is 19.3. The molecule has 1 aliphatic heterocycles. The highest BCUT2D eigenvalue weighted by Crippen LogP contribution is 2.41. The molecule has 3 aromatic carbocycles. The summed E-state index contributed by atoms with van der Waals surface area (Å²) in [5.74, 6) is 1.61. The highest BCUT2D eigenvalue weighted by Gasteiger charge is 2.36. The standard InChI is InChI=1S/C30H29BrClN5O2S/c1-5-39-25-14-13-21(31)15-22(25)27-26(28(38)34-24-12-8-9-17(2)18(24)3)19(4)33-29-35-30(36-37(27)29)40-16-20-10-6-7-11-23(20)32/h6-15,27H,5,16H2,1-4H3,(H,34,38)(H,33,35,36). The normalized spacial score (nSPS) is 14.5. The van der Waals surface area contributed by atoms with E-state index in [1.54, 1.807) is 4.68 Å². The highest BCUT2D eigenvalue weighted by molar-refractivity contribution is 9.10. The minimum absolute atomic E-state index is 0.224. The van der Waals surface area contributed by atoms with Crippen LogP contribution < -0.4 is 15.4 Å². The maximum atomic E-state index is 14.0. The quantitative estimate of drug-likeness (QED) is 0.191. The topological polar surface area (TPSA) is 81.1 Å². The maximum Gasteiger partial charge on any atom is 0.255 e. The van der Waals surface area contributed by atoms with Gasteiger partial charge < -0.3 is 15.4 Å². The smallest absolute Gasteiger partial charge is 0.255 e. The molecule has 2 heterocycles. The summed E-state index contributed by atoms with van der Waals surface area (Å²) in [7, 11) is 0. The molecule has 1 atom stereocenters. The third kappa shape index (κ3) is 5.77. The number of ether oxygens (including phenoxy) is 1. The molecule has 206 valence electrons. The van der Waals surface area contributed by atoms with E-state index in [2.05, 4.69) is 26.6 Å². The first-order valence-electron chi connectivity index (χ1n) is 12.9. The van der Waals surface area contributed by atoms with Crippen molar-refractivity contribution in [2.45, 2.75) is 44.6 Å². The van der Waals surface area contributed by atoms with E-state index in [9.17, 15) is 4.79 Å². The fourth-order valence-corrected chi connectivity index (χ4v) is 6.12. The van der Waals surface area contributed by atoms with E-state index in [4.69, 9.17) is 26.4 Å². The zero-order valence-electron chi connectivity index (χ0n) is 22.6. The van der Waals surface area contributed by atoms with Crippen LogP contribution in [0.2, 0.25) is 5.02 Å². The van der Waals surface area contributed by atoms with Gasteiger partial charge in [-0.3, -0.25) is 4.79 Å². The van der Waals surface area contributed by atoms with Gasteiger partial charge in [-0.2, -0.15) is 4.98 Å². The van der Waals surface area contributed by atoms with E-state index < -0.39 is 6.04 Å². The molecule has 0 saturated heterocycles. The van der Waals surface area contributed by atoms with Crippen molar-refractivity contribution >= 4 is 56.8 Å². The van der Waals surface area contributed by atoms with Crippen LogP contribution in [0.5, 0.6) is 5.75 Å². The number of amides is 1. The molecule has 4 aromatic rings. The minimum Gasteiger partial charge on any atom is -0.494 e. The average Bonchev–Trinajstić information content (AvgIpc) is 3.33. The maximum absolute atomic E-state index is 14.0. The predicted octanol–water partition coefficient (Wildman–Crippen LogP) is 7.93. The molecule has 40 heavy (non-hydrogen) atoms. The van der Waals surface area contributed by atoms with Crippen molar-refractivity contribution in [2.24, 2.45) is 0 Å². The number of allylic oxidation sites excluding steroid dienone is 1. The zero-order chi connectivity index (χ0) is 28.4. The van der Waals surface area contributed by atoms with E-state index in [0.717, 1.165) is 32.4 Å². The summed E-state index contributed by atoms with van der Waals surface area (Å²) in [6, 6.07) is 18.8. The second-order valence-electron chi connectivity index (χ2n) is 9.43. The van der Waals surface area contributed by atoms with Gasteiger partial charge in [0.15, 0.2) is 0 Å². The van der Waals surface area contributed by atoms with Crippen LogP contribution in [-0.2, 0) is 10.5 Å². The summed E-state index contributed by atoms with van der Waals surface area (Å²) >= 11 is 11.5. The molecule has 10 heteroatoms. The van der Waals surface area contributed by atoms with Crippen molar-refractivity contribution < 1.29 is 9.53 Å². The van der Waals surface area contributed by atoms with E-state index in [1.165, 1.54) is 11.8 Å². The third-order valence-corrected chi connectivity index (χ3v) is 8.56. The van der Waals surface area contributed by atoms with E-state index in [1.807, 2.05) is 88.4 Å². The lowest BCUT2D eigenvalue weighted by atomic mass is 9.94. The summed E-state index contributed by atoms with van der Waals surface area (Å²) in [6.07, 6.45) is 0. The number of hydrogen-bond donors (Lipinski definition) is 2. The number of nitrogens with zero attached hydrogens (tertiary/aromatic N) is 3. The Morgan fingerprint density at radius 1 is 1.15 bits per heavy atom. The Balaban J connectivity index is 1.57. The number of carbonyl (C=O) groups is 1. The van der Waals surface area contributed by atoms with Crippen LogP contribution in [0.25, 0.3) is 0 Å². The number of hydrogen-bond acceptors (Lipinski definition) is 6. The summed E-state index contributed by atoms with van der Waals surface area (Å²) in [4.78, 5) is 18.8. The lowest BCUT2D eigenvalue weighted by molar-refractivity contribution is -0.113. The number of thioether (sulfide) groups is 1. The number of aryl methyl sites for hydroxylation is 1. The Morgan fingerprint density at radius 3 is 2.73 bits per heavy atom. The Hall–Kier alpha value is -3.27. The average molecular weight is 639 g/mol. The van der Waals surface area contributed by atoms with Crippen LogP contribution in [0.1, 0.15) is 42.1 Å². The summed E-state index contributed by atoms with van der Waals surface area (Å²) in [5.41, 5.74) is 5.91. The number of anilines is 2. The Morgan fingerprint density at radius 2 is 1.95 bits per heavy atom. The highest BCUT2D eigenvalue weighted by atomic mass is 79.9. The molecule has 0 bridgehead atoms. The molecule has 1 aromatic heterocycles. The molecule has 1 amide bonds. The Bertz CT molecular complexity index is 1620. The molecule has 1 aliphatic rings. The van der Waals surface area contributed by atoms with Crippen LogP contribution in [0.15, 0.2) is 81.6 Å². The number of benzene rings is 3. The molecule has 5 rings (SSSR count). The van der Waals surface area contributed by atoms with Gasteiger partial charge in [0.25, 0.3) is 5.91 Å². The van der Waals surface area contributed by atoms with Gasteiger partial charge in [0.05, 0.1) is 12.2 Å². The minimum atomic E-state index is -0.581. The van der Waals surface area contributed by atoms with Gasteiger partial charge in [-0.25, -0.2) is 4.68 Å². The largest absolute Gasteiger partial charge is 0.494 e. The van der Waals surface area contributed by atoms with E-state index in [-0.39, 0.29) is 5.91 Å². The number of carbonyl (C=O) groups excluding carboxylic acids is 1. The first-order valence-corrected chi connectivity index (χ1v) is 15.0. The second kappa shape index (κ2) is 12.1. The second-order valence-corrected chi connectivity index (χ2v) is 11.7. The van der Waals surface area contributed by atoms with Gasteiger partial charge in [0, 0.05) is 32.2 Å². The van der Waals surface area contributed by atoms with Crippen LogP contribution in [0.4, 0.5) is 11.6 Å². The molecule has 0 fully saturated rings. The zero-order valence-corrected chi connectivity index (χ0v) is 25.7. The van der Waals surface area contributed by atoms with Gasteiger partial charge in [-0.1, -0.05) is 69.6 Å². The molecule has 0 saturated carbocycles. The van der Waals surface area contributed by atoms with E-state index in [0.29, 0.717) is 45.5 Å². The molecule has 7 nitrogen and oxygen atoms in total. The van der Waals surface area contributed by atoms with Crippen LogP contribution in [-0.4, -0.2) is 27.3 Å². The van der Waals surface area contributed by atoms with Crippen LogP contribution in [0.3, 0.4) is 0 Å². The Labute approximate surface area is 251 Å². The number of halogens is 2. The van der Waals surface area contributed by atoms with Crippen molar-refractivity contribution in [2.75, 3.05) is 17.2 Å². The molecule has 0 radical (unpaired) electrons. The molecule has 1 unspecified atom stereocenters. The molecule has 0 spiro atoms. The summed E-state index contributed by atoms with van der Waals surface area (Å²) in [5, 5.41) is 12.6. The fourth-order valence-electron chi connectivity index (χ4n) is 4.63. The number of fused-ring (bicyclic) bond motifs is 1. The van der Waals surface area contributed by atoms with Crippen LogP contribution in [0, 0.1) is 13.8 Å². The molecule has 0 aliphatic carbocycles. The summed E-state index contributed by atoms with van der Waals surface area (Å²) in [6.45, 7) is 8.34. The van der Waals surface area contributed by atoms with Gasteiger partial charge in [-0.15, -0.1) is 5.10 Å². The number of nitrogens with one attached hydrogen (secondary N) is 2. The predicted molar refractivity (Wildman–Crippen MR) is 165 cm³/mol. The molecular weight excluding hydrogens is 610 g/mol. The van der Waals surface area contributed by atoms with Crippen LogP contribution >= 0.6 is 39.3 Å². The lowest BCUT2D eigenvalue weighted by Crippen LogP contribution is -2.32. The molecule has 2 N–H and O–H groups in total. The van der Waals surface area contributed by atoms with Gasteiger partial charge >= 0.3 is 0 Å². The first kappa shape index (κ1) is 28.3. The monoisotopic (exact) mass is 637 g/mol. The van der Waals surface area contributed by atoms with Gasteiger partial charge in [0.2, 0.25) is 11.1 Å². The summed E-state index contributed by atoms with van der Waals surface area (Å²) < 4.78 is 8.66. The number of rotatable bonds is 8. The van der Waals surface area contributed by atoms with Crippen molar-refractivity contribution in [3.63, 3.8) is 0 Å². The fraction of sp³-hybridized carbons (Fsp3) is 0.233. The van der Waals surface area contributed by atoms with Crippen molar-refractivity contribution in [3.8, 4) is 5.75 Å². The lowest BCUT2D eigenvalue weighted by Gasteiger charge is -2.30. The Kier molecular flexibility index (Phi) is 8.54. The van der Waals surface area contributed by atoms with Crippen molar-refractivity contribution in [1.82, 2.24) is 14.8 Å². The van der Waals surface area contributed by atoms with Gasteiger partial charge in [-0.05, 0) is 74.7 Å². The SMILES string of the molecule is CCOc1ccc(Br)cc1C1C(C(=O)Nc2cccc(C)c2C)=C(C)Nc2nc(SCc3ccccc3Cl)nn21. The molecular formula is C30H29BrClN5O2S. The third-order valence-electron chi connectivity index (χ3n) is 6.81.